The van der Waals surface area contributed by atoms with Crippen molar-refractivity contribution >= 4 is 16.0 Å². The average molecular weight is 464 g/mol. The van der Waals surface area contributed by atoms with Crippen molar-refractivity contribution in [3.05, 3.63) is 101 Å². The number of aryl methyl sites for hydroxylation is 1. The molecular weight excluding hydrogens is 442 g/mol. The highest BCUT2D eigenvalue weighted by Gasteiger charge is 2.18. The van der Waals surface area contributed by atoms with Gasteiger partial charge in [0.05, 0.1) is 10.5 Å². The summed E-state index contributed by atoms with van der Waals surface area (Å²) in [6.07, 6.45) is 0. The van der Waals surface area contributed by atoms with Crippen LogP contribution in [0.2, 0.25) is 0 Å². The number of carbonyl (C=O) groups excluding carboxylic acids is 1. The van der Waals surface area contributed by atoms with E-state index in [1.807, 2.05) is 61.5 Å². The topological polar surface area (TPSA) is 111 Å². The summed E-state index contributed by atoms with van der Waals surface area (Å²) < 4.78 is 38.2. The van der Waals surface area contributed by atoms with Crippen LogP contribution in [0.4, 0.5) is 0 Å². The van der Waals surface area contributed by atoms with Crippen LogP contribution < -0.4 is 4.72 Å². The number of ether oxygens (including phenoxy) is 1. The van der Waals surface area contributed by atoms with Crippen LogP contribution in [0.1, 0.15) is 27.3 Å². The minimum Gasteiger partial charge on any atom is -0.454 e. The van der Waals surface area contributed by atoms with E-state index >= 15 is 0 Å². The van der Waals surface area contributed by atoms with Crippen LogP contribution in [0.15, 0.2) is 88.3 Å². The lowest BCUT2D eigenvalue weighted by Crippen LogP contribution is -2.23. The fourth-order valence-corrected chi connectivity index (χ4v) is 4.05. The third kappa shape index (κ3) is 5.71. The lowest BCUT2D eigenvalue weighted by atomic mass is 10.1. The Kier molecular flexibility index (Phi) is 6.62. The number of hydrogen-bond acceptors (Lipinski definition) is 7. The van der Waals surface area contributed by atoms with E-state index in [9.17, 15) is 13.2 Å². The molecule has 8 nitrogen and oxygen atoms in total. The van der Waals surface area contributed by atoms with E-state index in [0.717, 1.165) is 16.7 Å². The number of hydrogen-bond donors (Lipinski definition) is 1. The lowest BCUT2D eigenvalue weighted by molar-refractivity contribution is 0.0459. The van der Waals surface area contributed by atoms with E-state index in [4.69, 9.17) is 9.26 Å². The van der Waals surface area contributed by atoms with Gasteiger partial charge in [-0.3, -0.25) is 0 Å². The van der Waals surface area contributed by atoms with Gasteiger partial charge < -0.3 is 9.26 Å². The maximum absolute atomic E-state index is 12.6. The van der Waals surface area contributed by atoms with E-state index in [1.165, 1.54) is 24.3 Å². The van der Waals surface area contributed by atoms with Crippen LogP contribution >= 0.6 is 0 Å². The second-order valence-electron chi connectivity index (χ2n) is 7.30. The fraction of sp³-hybridized carbons (Fsp3) is 0.125. The van der Waals surface area contributed by atoms with Crippen molar-refractivity contribution in [2.24, 2.45) is 0 Å². The Labute approximate surface area is 191 Å². The van der Waals surface area contributed by atoms with Crippen molar-refractivity contribution in [3.63, 3.8) is 0 Å². The Balaban J connectivity index is 1.39. The van der Waals surface area contributed by atoms with E-state index < -0.39 is 16.0 Å². The summed E-state index contributed by atoms with van der Waals surface area (Å²) in [6, 6.07) is 22.4. The number of nitrogens with one attached hydrogen (secondary N) is 1. The second kappa shape index (κ2) is 9.76. The second-order valence-corrected chi connectivity index (χ2v) is 9.06. The smallest absolute Gasteiger partial charge is 0.338 e. The molecule has 3 aromatic carbocycles. The van der Waals surface area contributed by atoms with Crippen molar-refractivity contribution in [1.29, 1.82) is 0 Å². The summed E-state index contributed by atoms with van der Waals surface area (Å²) in [5.41, 5.74) is 2.78. The van der Waals surface area contributed by atoms with Crippen LogP contribution in [-0.2, 0) is 27.9 Å². The van der Waals surface area contributed by atoms with Crippen LogP contribution in [0.25, 0.3) is 11.5 Å². The normalized spacial score (nSPS) is 11.3. The molecule has 33 heavy (non-hydrogen) atoms. The molecule has 168 valence electrons. The van der Waals surface area contributed by atoms with E-state index in [-0.39, 0.29) is 29.4 Å². The average Bonchev–Trinajstić information content (AvgIpc) is 3.31. The first-order chi connectivity index (χ1) is 15.9. The molecule has 0 aliphatic rings. The Morgan fingerprint density at radius 2 is 1.76 bits per heavy atom. The molecule has 0 radical (unpaired) electrons. The number of sulfonamides is 1. The van der Waals surface area contributed by atoms with Gasteiger partial charge in [-0.1, -0.05) is 59.3 Å². The van der Waals surface area contributed by atoms with Crippen molar-refractivity contribution in [3.8, 4) is 11.5 Å². The molecule has 0 atom stereocenters. The van der Waals surface area contributed by atoms with Crippen molar-refractivity contribution in [2.75, 3.05) is 0 Å². The predicted molar refractivity (Wildman–Crippen MR) is 120 cm³/mol. The summed E-state index contributed by atoms with van der Waals surface area (Å²) in [5, 5.41) is 3.82. The third-order valence-electron chi connectivity index (χ3n) is 4.79. The van der Waals surface area contributed by atoms with Gasteiger partial charge in [0, 0.05) is 12.1 Å². The maximum Gasteiger partial charge on any atom is 0.338 e. The molecule has 0 fully saturated rings. The third-order valence-corrected chi connectivity index (χ3v) is 6.19. The minimum atomic E-state index is -3.81. The van der Waals surface area contributed by atoms with Crippen LogP contribution in [-0.4, -0.2) is 24.5 Å². The highest BCUT2D eigenvalue weighted by molar-refractivity contribution is 7.89. The summed E-state index contributed by atoms with van der Waals surface area (Å²) in [7, 11) is -3.81. The standard InChI is InChI=1S/C24H21N3O5S/c1-17-10-12-19(13-11-17)23-26-22(27-32-23)16-31-24(28)20-8-5-9-21(14-20)33(29,30)25-15-18-6-3-2-4-7-18/h2-14,25H,15-16H2,1H3. The first-order valence-corrected chi connectivity index (χ1v) is 11.6. The number of esters is 1. The van der Waals surface area contributed by atoms with E-state index in [2.05, 4.69) is 14.9 Å². The first-order valence-electron chi connectivity index (χ1n) is 10.1. The van der Waals surface area contributed by atoms with Crippen LogP contribution in [0.5, 0.6) is 0 Å². The maximum atomic E-state index is 12.6. The number of carbonyl (C=O) groups is 1. The quantitative estimate of drug-likeness (QED) is 0.395. The molecule has 1 heterocycles. The molecule has 4 aromatic rings. The van der Waals surface area contributed by atoms with Crippen molar-refractivity contribution < 1.29 is 22.5 Å². The van der Waals surface area contributed by atoms with Gasteiger partial charge in [-0.15, -0.1) is 0 Å². The zero-order chi connectivity index (χ0) is 23.3. The SMILES string of the molecule is Cc1ccc(-c2nc(COC(=O)c3cccc(S(=O)(=O)NCc4ccccc4)c3)no2)cc1. The summed E-state index contributed by atoms with van der Waals surface area (Å²) in [4.78, 5) is 16.7. The van der Waals surface area contributed by atoms with E-state index in [0.29, 0.717) is 5.89 Å². The number of nitrogens with zero attached hydrogens (tertiary/aromatic N) is 2. The Hall–Kier alpha value is -3.82. The molecule has 0 bridgehead atoms. The summed E-state index contributed by atoms with van der Waals surface area (Å²) in [5.74, 6) is -0.178. The number of rotatable bonds is 8. The number of benzene rings is 3. The molecule has 0 aliphatic carbocycles. The van der Waals surface area contributed by atoms with Gasteiger partial charge >= 0.3 is 5.97 Å². The molecule has 1 aromatic heterocycles. The molecule has 0 saturated heterocycles. The lowest BCUT2D eigenvalue weighted by Gasteiger charge is -2.08. The minimum absolute atomic E-state index is 0.0332. The Morgan fingerprint density at radius 1 is 1.00 bits per heavy atom. The molecule has 4 rings (SSSR count). The van der Waals surface area contributed by atoms with Gasteiger partial charge in [0.1, 0.15) is 0 Å². The Bertz CT molecular complexity index is 1350. The Morgan fingerprint density at radius 3 is 2.52 bits per heavy atom. The molecule has 0 unspecified atom stereocenters. The number of aromatic nitrogens is 2. The van der Waals surface area contributed by atoms with Gasteiger partial charge in [0.25, 0.3) is 5.89 Å². The zero-order valence-electron chi connectivity index (χ0n) is 17.8. The zero-order valence-corrected chi connectivity index (χ0v) is 18.6. The van der Waals surface area contributed by atoms with Crippen LogP contribution in [0.3, 0.4) is 0 Å². The molecule has 0 spiro atoms. The summed E-state index contributed by atoms with van der Waals surface area (Å²) in [6.45, 7) is 1.90. The molecule has 9 heteroatoms. The monoisotopic (exact) mass is 463 g/mol. The van der Waals surface area contributed by atoms with Gasteiger partial charge in [0.2, 0.25) is 15.8 Å². The van der Waals surface area contributed by atoms with Gasteiger partial charge in [-0.05, 0) is 42.8 Å². The molecule has 0 saturated carbocycles. The highest BCUT2D eigenvalue weighted by atomic mass is 32.2. The molecule has 0 aliphatic heterocycles. The largest absolute Gasteiger partial charge is 0.454 e. The van der Waals surface area contributed by atoms with Crippen molar-refractivity contribution in [2.45, 2.75) is 25.0 Å². The predicted octanol–water partition coefficient (Wildman–Crippen LogP) is 3.88. The van der Waals surface area contributed by atoms with Crippen LogP contribution in [0, 0.1) is 6.92 Å². The first kappa shape index (κ1) is 22.4. The van der Waals surface area contributed by atoms with E-state index in [1.54, 1.807) is 0 Å². The van der Waals surface area contributed by atoms with Gasteiger partial charge in [-0.25, -0.2) is 17.9 Å². The van der Waals surface area contributed by atoms with Crippen molar-refractivity contribution in [1.82, 2.24) is 14.9 Å². The van der Waals surface area contributed by atoms with Gasteiger partial charge in [-0.2, -0.15) is 4.98 Å². The molecule has 1 N–H and O–H groups in total. The summed E-state index contributed by atoms with van der Waals surface area (Å²) >= 11 is 0. The highest BCUT2D eigenvalue weighted by Crippen LogP contribution is 2.18. The molecular formula is C24H21N3O5S. The fourth-order valence-electron chi connectivity index (χ4n) is 2.99. The molecule has 0 amide bonds. The van der Waals surface area contributed by atoms with Gasteiger partial charge in [0.15, 0.2) is 6.61 Å².